The van der Waals surface area contributed by atoms with E-state index < -0.39 is 4.92 Å². The smallest absolute Gasteiger partial charge is 0.269 e. The number of nitrogens with zero attached hydrogens (tertiary/aromatic N) is 4. The third-order valence-electron chi connectivity index (χ3n) is 2.96. The summed E-state index contributed by atoms with van der Waals surface area (Å²) in [5.74, 6) is 0.0111. The first-order valence-electron chi connectivity index (χ1n) is 6.74. The lowest BCUT2D eigenvalue weighted by Crippen LogP contribution is -2.14. The van der Waals surface area contributed by atoms with Crippen LogP contribution in [0.25, 0.3) is 5.69 Å². The number of thioether (sulfide) groups is 1. The molecule has 0 aliphatic carbocycles. The second-order valence-corrected chi connectivity index (χ2v) is 6.36. The second kappa shape index (κ2) is 7.23. The maximum atomic E-state index is 11.9. The van der Waals surface area contributed by atoms with Crippen molar-refractivity contribution < 1.29 is 9.72 Å². The number of hydrogen-bond acceptors (Lipinski definition) is 7. The number of imidazole rings is 1. The number of hydrogen-bond donors (Lipinski definition) is 1. The van der Waals surface area contributed by atoms with Crippen molar-refractivity contribution in [1.82, 2.24) is 14.5 Å². The van der Waals surface area contributed by atoms with Gasteiger partial charge in [-0.25, -0.2) is 9.97 Å². The van der Waals surface area contributed by atoms with Crippen molar-refractivity contribution in [2.24, 2.45) is 0 Å². The van der Waals surface area contributed by atoms with Crippen LogP contribution >= 0.6 is 23.1 Å². The van der Waals surface area contributed by atoms with Gasteiger partial charge in [0.1, 0.15) is 0 Å². The van der Waals surface area contributed by atoms with E-state index in [2.05, 4.69) is 15.3 Å². The number of carbonyl (C=O) groups is 1. The minimum atomic E-state index is -0.448. The molecule has 8 nitrogen and oxygen atoms in total. The van der Waals surface area contributed by atoms with Gasteiger partial charge in [-0.3, -0.25) is 19.5 Å². The summed E-state index contributed by atoms with van der Waals surface area (Å²) in [7, 11) is 0. The normalized spacial score (nSPS) is 10.5. The van der Waals surface area contributed by atoms with Crippen LogP contribution in [0.2, 0.25) is 0 Å². The molecule has 0 fully saturated rings. The maximum Gasteiger partial charge on any atom is 0.269 e. The molecule has 0 atom stereocenters. The van der Waals surface area contributed by atoms with Crippen molar-refractivity contribution in [1.29, 1.82) is 0 Å². The Morgan fingerprint density at radius 1 is 1.29 bits per heavy atom. The van der Waals surface area contributed by atoms with Crippen molar-refractivity contribution in [3.63, 3.8) is 0 Å². The third kappa shape index (κ3) is 3.78. The van der Waals surface area contributed by atoms with E-state index in [1.54, 1.807) is 40.7 Å². The van der Waals surface area contributed by atoms with E-state index in [1.807, 2.05) is 0 Å². The molecule has 1 amide bonds. The van der Waals surface area contributed by atoms with Crippen molar-refractivity contribution in [2.45, 2.75) is 5.16 Å². The molecule has 2 aromatic heterocycles. The van der Waals surface area contributed by atoms with Crippen molar-refractivity contribution in [3.8, 4) is 5.69 Å². The summed E-state index contributed by atoms with van der Waals surface area (Å²) in [4.78, 5) is 30.4. The Balaban J connectivity index is 1.66. The molecule has 24 heavy (non-hydrogen) atoms. The molecule has 0 bridgehead atoms. The number of thiazole rings is 1. The number of benzene rings is 1. The summed E-state index contributed by atoms with van der Waals surface area (Å²) < 4.78 is 1.77. The monoisotopic (exact) mass is 361 g/mol. The average Bonchev–Trinajstić information content (AvgIpc) is 3.24. The Kier molecular flexibility index (Phi) is 4.87. The quantitative estimate of drug-likeness (QED) is 0.411. The molecule has 3 rings (SSSR count). The van der Waals surface area contributed by atoms with E-state index in [1.165, 1.54) is 35.2 Å². The summed E-state index contributed by atoms with van der Waals surface area (Å²) in [6, 6.07) is 6.14. The fraction of sp³-hybridized carbons (Fsp3) is 0.0714. The van der Waals surface area contributed by atoms with Gasteiger partial charge in [0.25, 0.3) is 5.69 Å². The molecule has 1 aromatic carbocycles. The first kappa shape index (κ1) is 16.1. The molecule has 1 N–H and O–H groups in total. The number of aromatic nitrogens is 3. The number of nitro groups is 1. The number of rotatable bonds is 6. The Hall–Kier alpha value is -2.72. The van der Waals surface area contributed by atoms with E-state index in [0.717, 1.165) is 5.69 Å². The van der Waals surface area contributed by atoms with Gasteiger partial charge in [0.05, 0.1) is 10.7 Å². The highest BCUT2D eigenvalue weighted by Crippen LogP contribution is 2.22. The predicted octanol–water partition coefficient (Wildman–Crippen LogP) is 2.97. The SMILES string of the molecule is O=C(CSc1nccn1-c1ccc([N+](=O)[O-])cc1)Nc1nccs1. The molecule has 122 valence electrons. The summed E-state index contributed by atoms with van der Waals surface area (Å²) in [5, 5.41) is 16.4. The predicted molar refractivity (Wildman–Crippen MR) is 91.7 cm³/mol. The van der Waals surface area contributed by atoms with Gasteiger partial charge in [-0.2, -0.15) is 0 Å². The number of non-ortho nitro benzene ring substituents is 1. The van der Waals surface area contributed by atoms with Crippen molar-refractivity contribution in [3.05, 3.63) is 58.4 Å². The summed E-state index contributed by atoms with van der Waals surface area (Å²) in [5.41, 5.74) is 0.761. The number of nitrogens with one attached hydrogen (secondary N) is 1. The Morgan fingerprint density at radius 3 is 2.75 bits per heavy atom. The zero-order valence-electron chi connectivity index (χ0n) is 12.2. The third-order valence-corrected chi connectivity index (χ3v) is 4.61. The van der Waals surface area contributed by atoms with Crippen LogP contribution < -0.4 is 5.32 Å². The Bertz CT molecular complexity index is 846. The highest BCUT2D eigenvalue weighted by atomic mass is 32.2. The highest BCUT2D eigenvalue weighted by Gasteiger charge is 2.11. The molecule has 0 saturated carbocycles. The van der Waals surface area contributed by atoms with Crippen LogP contribution in [0.4, 0.5) is 10.8 Å². The molecule has 0 aliphatic heterocycles. The first-order valence-corrected chi connectivity index (χ1v) is 8.60. The number of nitro benzene ring substituents is 1. The van der Waals surface area contributed by atoms with Crippen LogP contribution in [0.15, 0.2) is 53.4 Å². The summed E-state index contributed by atoms with van der Waals surface area (Å²) >= 11 is 2.62. The van der Waals surface area contributed by atoms with Crippen LogP contribution in [0, 0.1) is 10.1 Å². The topological polar surface area (TPSA) is 103 Å². The number of amides is 1. The minimum Gasteiger partial charge on any atom is -0.301 e. The van der Waals surface area contributed by atoms with Crippen LogP contribution in [-0.2, 0) is 4.79 Å². The molecule has 0 saturated heterocycles. The van der Waals surface area contributed by atoms with Gasteiger partial charge in [-0.05, 0) is 12.1 Å². The van der Waals surface area contributed by atoms with E-state index >= 15 is 0 Å². The van der Waals surface area contributed by atoms with Gasteiger partial charge in [0.2, 0.25) is 5.91 Å². The maximum absolute atomic E-state index is 11.9. The van der Waals surface area contributed by atoms with E-state index in [0.29, 0.717) is 10.3 Å². The number of anilines is 1. The Morgan fingerprint density at radius 2 is 2.08 bits per heavy atom. The Labute approximate surface area is 144 Å². The lowest BCUT2D eigenvalue weighted by Gasteiger charge is -2.07. The summed E-state index contributed by atoms with van der Waals surface area (Å²) in [6.45, 7) is 0. The lowest BCUT2D eigenvalue weighted by molar-refractivity contribution is -0.384. The molecule has 0 unspecified atom stereocenters. The van der Waals surface area contributed by atoms with Gasteiger partial charge < -0.3 is 5.32 Å². The lowest BCUT2D eigenvalue weighted by atomic mass is 10.3. The highest BCUT2D eigenvalue weighted by molar-refractivity contribution is 7.99. The molecule has 2 heterocycles. The van der Waals surface area contributed by atoms with Crippen molar-refractivity contribution in [2.75, 3.05) is 11.1 Å². The van der Waals surface area contributed by atoms with Crippen LogP contribution in [-0.4, -0.2) is 31.1 Å². The zero-order valence-corrected chi connectivity index (χ0v) is 13.8. The van der Waals surface area contributed by atoms with Gasteiger partial charge in [0.15, 0.2) is 10.3 Å². The molecular formula is C14H11N5O3S2. The fourth-order valence-electron chi connectivity index (χ4n) is 1.90. The van der Waals surface area contributed by atoms with Gasteiger partial charge in [0, 0.05) is 41.8 Å². The summed E-state index contributed by atoms with van der Waals surface area (Å²) in [6.07, 6.45) is 4.97. The molecular weight excluding hydrogens is 350 g/mol. The van der Waals surface area contributed by atoms with Gasteiger partial charge in [-0.15, -0.1) is 11.3 Å². The first-order chi connectivity index (χ1) is 11.6. The molecule has 0 radical (unpaired) electrons. The zero-order chi connectivity index (χ0) is 16.9. The van der Waals surface area contributed by atoms with Crippen molar-refractivity contribution >= 4 is 39.8 Å². The number of carbonyl (C=O) groups excluding carboxylic acids is 1. The van der Waals surface area contributed by atoms with Crippen LogP contribution in [0.5, 0.6) is 0 Å². The van der Waals surface area contributed by atoms with Gasteiger partial charge in [-0.1, -0.05) is 11.8 Å². The van der Waals surface area contributed by atoms with Crippen LogP contribution in [0.1, 0.15) is 0 Å². The molecule has 3 aromatic rings. The largest absolute Gasteiger partial charge is 0.301 e. The molecule has 10 heteroatoms. The van der Waals surface area contributed by atoms with E-state index in [9.17, 15) is 14.9 Å². The van der Waals surface area contributed by atoms with Crippen LogP contribution in [0.3, 0.4) is 0 Å². The van der Waals surface area contributed by atoms with E-state index in [-0.39, 0.29) is 17.3 Å². The minimum absolute atomic E-state index is 0.0240. The fourth-order valence-corrected chi connectivity index (χ4v) is 3.22. The second-order valence-electron chi connectivity index (χ2n) is 4.53. The standard InChI is InChI=1S/C14H11N5O3S2/c20-12(17-13-15-6-8-23-13)9-24-14-16-5-7-18(14)10-1-3-11(4-2-10)19(21)22/h1-8H,9H2,(H,15,17,20). The average molecular weight is 361 g/mol. The molecule has 0 aliphatic rings. The molecule has 0 spiro atoms. The van der Waals surface area contributed by atoms with Gasteiger partial charge >= 0.3 is 0 Å². The van der Waals surface area contributed by atoms with E-state index in [4.69, 9.17) is 0 Å².